The molecule has 1 saturated heterocycles. The molecule has 156 valence electrons. The number of amides is 1. The van der Waals surface area contributed by atoms with Crippen LogP contribution < -0.4 is 4.90 Å². The van der Waals surface area contributed by atoms with Crippen molar-refractivity contribution in [2.75, 3.05) is 31.1 Å². The predicted molar refractivity (Wildman–Crippen MR) is 118 cm³/mol. The van der Waals surface area contributed by atoms with Crippen LogP contribution in [0.3, 0.4) is 0 Å². The summed E-state index contributed by atoms with van der Waals surface area (Å²) in [6.07, 6.45) is 0. The maximum Gasteiger partial charge on any atom is 0.272 e. The molecule has 0 saturated carbocycles. The summed E-state index contributed by atoms with van der Waals surface area (Å²) in [7, 11) is 0. The maximum atomic E-state index is 14.1. The van der Waals surface area contributed by atoms with Gasteiger partial charge < -0.3 is 9.80 Å². The van der Waals surface area contributed by atoms with Gasteiger partial charge >= 0.3 is 0 Å². The van der Waals surface area contributed by atoms with Crippen LogP contribution in [0.4, 0.5) is 10.1 Å². The van der Waals surface area contributed by atoms with E-state index in [9.17, 15) is 9.18 Å². The monoisotopic (exact) mass is 415 g/mol. The van der Waals surface area contributed by atoms with E-state index in [2.05, 4.69) is 10.1 Å². The predicted octanol–water partition coefficient (Wildman–Crippen LogP) is 3.81. The highest BCUT2D eigenvalue weighted by atomic mass is 19.1. The molecule has 5 rings (SSSR count). The Hall–Kier alpha value is -3.74. The van der Waals surface area contributed by atoms with Crippen LogP contribution >= 0.6 is 0 Å². The van der Waals surface area contributed by atoms with E-state index in [4.69, 9.17) is 0 Å². The van der Waals surface area contributed by atoms with Gasteiger partial charge in [0.2, 0.25) is 0 Å². The van der Waals surface area contributed by atoms with E-state index in [1.165, 1.54) is 6.07 Å². The topological polar surface area (TPSA) is 53.7 Å². The van der Waals surface area contributed by atoms with Gasteiger partial charge in [-0.05, 0) is 25.1 Å². The lowest BCUT2D eigenvalue weighted by Gasteiger charge is -2.36. The summed E-state index contributed by atoms with van der Waals surface area (Å²) in [4.78, 5) is 21.5. The summed E-state index contributed by atoms with van der Waals surface area (Å²) in [5.41, 5.74) is 4.30. The number of rotatable bonds is 3. The molecule has 0 aliphatic carbocycles. The van der Waals surface area contributed by atoms with Crippen molar-refractivity contribution in [1.82, 2.24) is 19.5 Å². The standard InChI is InChI=1S/C24H22FN5O/c1-17-15-21(26-23-16-20(27-30(17)23)18-7-3-2-4-8-18)24(31)29-13-11-28(12-14-29)22-10-6-5-9-19(22)25/h2-10,15-16H,11-14H2,1H3. The fourth-order valence-electron chi connectivity index (χ4n) is 4.01. The number of carbonyl (C=O) groups is 1. The number of fused-ring (bicyclic) bond motifs is 1. The Morgan fingerprint density at radius 3 is 2.39 bits per heavy atom. The first-order valence-corrected chi connectivity index (χ1v) is 10.3. The van der Waals surface area contributed by atoms with Crippen LogP contribution in [0.15, 0.2) is 66.7 Å². The number of piperazine rings is 1. The summed E-state index contributed by atoms with van der Waals surface area (Å²) in [5, 5.41) is 4.63. The third kappa shape index (κ3) is 3.63. The van der Waals surface area contributed by atoms with Crippen LogP contribution in [-0.4, -0.2) is 51.6 Å². The second-order valence-corrected chi connectivity index (χ2v) is 7.68. The second-order valence-electron chi connectivity index (χ2n) is 7.68. The van der Waals surface area contributed by atoms with Crippen molar-refractivity contribution in [3.05, 3.63) is 83.9 Å². The van der Waals surface area contributed by atoms with Gasteiger partial charge in [0, 0.05) is 43.5 Å². The Balaban J connectivity index is 1.36. The Kier molecular flexibility index (Phi) is 4.86. The van der Waals surface area contributed by atoms with Crippen LogP contribution in [0.5, 0.6) is 0 Å². The second kappa shape index (κ2) is 7.83. The molecule has 1 fully saturated rings. The van der Waals surface area contributed by atoms with Crippen molar-refractivity contribution in [3.63, 3.8) is 0 Å². The van der Waals surface area contributed by atoms with E-state index in [1.807, 2.05) is 54.3 Å². The molecule has 0 spiro atoms. The van der Waals surface area contributed by atoms with Crippen LogP contribution in [0.25, 0.3) is 16.9 Å². The van der Waals surface area contributed by atoms with Crippen LogP contribution in [0, 0.1) is 12.7 Å². The Morgan fingerprint density at radius 2 is 1.65 bits per heavy atom. The first-order valence-electron chi connectivity index (χ1n) is 10.3. The maximum absolute atomic E-state index is 14.1. The number of hydrogen-bond donors (Lipinski definition) is 0. The number of para-hydroxylation sites is 1. The Morgan fingerprint density at radius 1 is 0.935 bits per heavy atom. The molecular formula is C24H22FN5O. The Labute approximate surface area is 179 Å². The van der Waals surface area contributed by atoms with E-state index < -0.39 is 0 Å². The van der Waals surface area contributed by atoms with Gasteiger partial charge in [0.15, 0.2) is 5.65 Å². The third-order valence-electron chi connectivity index (χ3n) is 5.65. The molecular weight excluding hydrogens is 393 g/mol. The van der Waals surface area contributed by atoms with Crippen LogP contribution in [0.1, 0.15) is 16.2 Å². The Bertz CT molecular complexity index is 1250. The van der Waals surface area contributed by atoms with Gasteiger partial charge in [-0.2, -0.15) is 5.10 Å². The third-order valence-corrected chi connectivity index (χ3v) is 5.65. The van der Waals surface area contributed by atoms with Gasteiger partial charge in [0.05, 0.1) is 11.4 Å². The number of benzene rings is 2. The molecule has 1 aliphatic heterocycles. The minimum Gasteiger partial charge on any atom is -0.366 e. The quantitative estimate of drug-likeness (QED) is 0.511. The van der Waals surface area contributed by atoms with E-state index in [0.29, 0.717) is 43.2 Å². The van der Waals surface area contributed by atoms with Crippen molar-refractivity contribution >= 4 is 17.2 Å². The summed E-state index contributed by atoms with van der Waals surface area (Å²) in [6, 6.07) is 20.3. The van der Waals surface area contributed by atoms with Crippen LogP contribution in [-0.2, 0) is 0 Å². The van der Waals surface area contributed by atoms with Crippen molar-refractivity contribution in [2.45, 2.75) is 6.92 Å². The van der Waals surface area contributed by atoms with Gasteiger partial charge in [-0.25, -0.2) is 13.9 Å². The normalized spacial score (nSPS) is 14.3. The number of carbonyl (C=O) groups excluding carboxylic acids is 1. The first-order chi connectivity index (χ1) is 15.1. The highest BCUT2D eigenvalue weighted by Crippen LogP contribution is 2.22. The molecule has 3 heterocycles. The average Bonchev–Trinajstić information content (AvgIpc) is 3.25. The van der Waals surface area contributed by atoms with Gasteiger partial charge in [0.25, 0.3) is 5.91 Å². The lowest BCUT2D eigenvalue weighted by atomic mass is 10.2. The zero-order valence-electron chi connectivity index (χ0n) is 17.2. The zero-order valence-corrected chi connectivity index (χ0v) is 17.2. The van der Waals surface area contributed by atoms with Crippen molar-refractivity contribution in [2.24, 2.45) is 0 Å². The number of aromatic nitrogens is 3. The van der Waals surface area contributed by atoms with E-state index in [-0.39, 0.29) is 11.7 Å². The van der Waals surface area contributed by atoms with Crippen molar-refractivity contribution in [1.29, 1.82) is 0 Å². The average molecular weight is 415 g/mol. The number of nitrogens with zero attached hydrogens (tertiary/aromatic N) is 5. The molecule has 2 aromatic carbocycles. The number of hydrogen-bond acceptors (Lipinski definition) is 4. The van der Waals surface area contributed by atoms with E-state index in [0.717, 1.165) is 17.0 Å². The molecule has 2 aromatic heterocycles. The molecule has 1 aliphatic rings. The highest BCUT2D eigenvalue weighted by molar-refractivity contribution is 5.93. The molecule has 31 heavy (non-hydrogen) atoms. The smallest absolute Gasteiger partial charge is 0.272 e. The minimum absolute atomic E-state index is 0.110. The van der Waals surface area contributed by atoms with Crippen LogP contribution in [0.2, 0.25) is 0 Å². The molecule has 0 unspecified atom stereocenters. The summed E-state index contributed by atoms with van der Waals surface area (Å²) >= 11 is 0. The van der Waals surface area contributed by atoms with Gasteiger partial charge in [-0.15, -0.1) is 0 Å². The lowest BCUT2D eigenvalue weighted by molar-refractivity contribution is 0.0740. The van der Waals surface area contributed by atoms with Gasteiger partial charge in [-0.1, -0.05) is 42.5 Å². The summed E-state index contributed by atoms with van der Waals surface area (Å²) in [5.74, 6) is -0.346. The minimum atomic E-state index is -0.236. The van der Waals surface area contributed by atoms with E-state index in [1.54, 1.807) is 27.6 Å². The number of anilines is 1. The number of halogens is 1. The number of aryl methyl sites for hydroxylation is 1. The van der Waals surface area contributed by atoms with Gasteiger partial charge in [-0.3, -0.25) is 4.79 Å². The van der Waals surface area contributed by atoms with Crippen molar-refractivity contribution in [3.8, 4) is 11.3 Å². The summed E-state index contributed by atoms with van der Waals surface area (Å²) < 4.78 is 15.8. The largest absolute Gasteiger partial charge is 0.366 e. The molecule has 6 nitrogen and oxygen atoms in total. The lowest BCUT2D eigenvalue weighted by Crippen LogP contribution is -2.49. The SMILES string of the molecule is Cc1cc(C(=O)N2CCN(c3ccccc3F)CC2)nc2cc(-c3ccccc3)nn12. The fourth-order valence-corrected chi connectivity index (χ4v) is 4.01. The fraction of sp³-hybridized carbons (Fsp3) is 0.208. The molecule has 0 bridgehead atoms. The highest BCUT2D eigenvalue weighted by Gasteiger charge is 2.25. The molecule has 0 radical (unpaired) electrons. The molecule has 7 heteroatoms. The van der Waals surface area contributed by atoms with Crippen molar-refractivity contribution < 1.29 is 9.18 Å². The zero-order chi connectivity index (χ0) is 21.4. The molecule has 4 aromatic rings. The molecule has 1 amide bonds. The molecule has 0 N–H and O–H groups in total. The summed E-state index contributed by atoms with van der Waals surface area (Å²) in [6.45, 7) is 4.13. The molecule has 0 atom stereocenters. The van der Waals surface area contributed by atoms with Gasteiger partial charge in [0.1, 0.15) is 11.5 Å². The van der Waals surface area contributed by atoms with E-state index >= 15 is 0 Å². The first kappa shape index (κ1) is 19.2.